The summed E-state index contributed by atoms with van der Waals surface area (Å²) >= 11 is 6.02. The summed E-state index contributed by atoms with van der Waals surface area (Å²) in [7, 11) is -1.31. The fourth-order valence-electron chi connectivity index (χ4n) is 1.70. The third kappa shape index (κ3) is 3.10. The third-order valence-electron chi connectivity index (χ3n) is 3.41. The summed E-state index contributed by atoms with van der Waals surface area (Å²) in [4.78, 5) is 0. The molecule has 6 heteroatoms. The van der Waals surface area contributed by atoms with Crippen LogP contribution in [0.1, 0.15) is 6.92 Å². The quantitative estimate of drug-likeness (QED) is 0.879. The van der Waals surface area contributed by atoms with Crippen molar-refractivity contribution in [2.24, 2.45) is 0 Å². The van der Waals surface area contributed by atoms with Crippen molar-refractivity contribution in [2.45, 2.75) is 39.0 Å². The molecule has 2 aromatic rings. The molecule has 1 atom stereocenters. The van der Waals surface area contributed by atoms with Crippen LogP contribution in [0.2, 0.25) is 24.7 Å². The number of nitrogens with two attached hydrogens (primary N) is 1. The lowest BCUT2D eigenvalue weighted by molar-refractivity contribution is 0.0520. The number of ether oxygens (including phenoxy) is 1. The number of benzene rings is 1. The van der Waals surface area contributed by atoms with Gasteiger partial charge in [0.2, 0.25) is 0 Å². The van der Waals surface area contributed by atoms with Crippen LogP contribution < -0.4 is 5.73 Å². The molecule has 0 spiro atoms. The van der Waals surface area contributed by atoms with Gasteiger partial charge in [-0.1, -0.05) is 31.2 Å². The van der Waals surface area contributed by atoms with Crippen LogP contribution in [0, 0.1) is 0 Å². The van der Waals surface area contributed by atoms with E-state index in [0.29, 0.717) is 17.6 Å². The Labute approximate surface area is 119 Å². The Morgan fingerprint density at radius 3 is 2.74 bits per heavy atom. The Kier molecular flexibility index (Phi) is 3.89. The molecule has 19 heavy (non-hydrogen) atoms. The molecule has 1 aromatic carbocycles. The second kappa shape index (κ2) is 5.15. The van der Waals surface area contributed by atoms with Crippen LogP contribution >= 0.6 is 11.6 Å². The largest absolute Gasteiger partial charge is 0.382 e. The number of rotatable bonds is 4. The molecule has 2 rings (SSSR count). The maximum Gasteiger partial charge on any atom is 0.153 e. The van der Waals surface area contributed by atoms with Crippen LogP contribution in [0.5, 0.6) is 0 Å². The van der Waals surface area contributed by atoms with Gasteiger partial charge in [-0.15, -0.1) is 0 Å². The molecule has 0 aliphatic carbocycles. The van der Waals surface area contributed by atoms with Gasteiger partial charge in [-0.25, -0.2) is 4.68 Å². The molecule has 4 nitrogen and oxygen atoms in total. The van der Waals surface area contributed by atoms with E-state index in [2.05, 4.69) is 31.7 Å². The van der Waals surface area contributed by atoms with Crippen molar-refractivity contribution in [1.82, 2.24) is 9.78 Å². The second-order valence-corrected chi connectivity index (χ2v) is 11.8. The molecular weight excluding hydrogens is 278 g/mol. The Morgan fingerprint density at radius 1 is 1.42 bits per heavy atom. The minimum atomic E-state index is -1.31. The van der Waals surface area contributed by atoms with Gasteiger partial charge >= 0.3 is 0 Å². The number of hydrogen-bond acceptors (Lipinski definition) is 3. The maximum atomic E-state index is 6.02. The average Bonchev–Trinajstić information content (AvgIpc) is 2.61. The summed E-state index contributed by atoms with van der Waals surface area (Å²) in [6, 6.07) is 5.57. The van der Waals surface area contributed by atoms with Crippen molar-refractivity contribution < 1.29 is 4.74 Å². The Balaban J connectivity index is 2.24. The molecule has 0 saturated heterocycles. The van der Waals surface area contributed by atoms with Crippen molar-refractivity contribution in [1.29, 1.82) is 0 Å². The first-order valence-corrected chi connectivity index (χ1v) is 10.3. The molecule has 0 radical (unpaired) electrons. The molecule has 0 saturated carbocycles. The van der Waals surface area contributed by atoms with Gasteiger partial charge in [0.15, 0.2) is 5.82 Å². The predicted octanol–water partition coefficient (Wildman–Crippen LogP) is 3.51. The fraction of sp³-hybridized carbons (Fsp3) is 0.462. The zero-order valence-corrected chi connectivity index (χ0v) is 13.5. The van der Waals surface area contributed by atoms with Gasteiger partial charge in [-0.2, -0.15) is 5.10 Å². The lowest BCUT2D eigenvalue weighted by Gasteiger charge is -2.25. The lowest BCUT2D eigenvalue weighted by atomic mass is 10.2. The van der Waals surface area contributed by atoms with Gasteiger partial charge in [-0.05, 0) is 25.1 Å². The summed E-state index contributed by atoms with van der Waals surface area (Å²) in [5.41, 5.74) is 7.06. The molecule has 1 unspecified atom stereocenters. The molecule has 0 aliphatic heterocycles. The summed E-state index contributed by atoms with van der Waals surface area (Å²) in [5.74, 6) is 0.510. The van der Waals surface area contributed by atoms with E-state index in [1.807, 2.05) is 18.2 Å². The van der Waals surface area contributed by atoms with Gasteiger partial charge in [0.25, 0.3) is 0 Å². The highest BCUT2D eigenvalue weighted by molar-refractivity contribution is 6.77. The highest BCUT2D eigenvalue weighted by atomic mass is 35.5. The Hall–Kier alpha value is -1.04. The van der Waals surface area contributed by atoms with Gasteiger partial charge in [0.1, 0.15) is 6.73 Å². The molecule has 104 valence electrons. The third-order valence-corrected chi connectivity index (χ3v) is 6.25. The minimum Gasteiger partial charge on any atom is -0.382 e. The van der Waals surface area contributed by atoms with Crippen LogP contribution in [0.15, 0.2) is 18.2 Å². The topological polar surface area (TPSA) is 53.1 Å². The first-order chi connectivity index (χ1) is 8.79. The highest BCUT2D eigenvalue weighted by Crippen LogP contribution is 2.24. The first-order valence-electron chi connectivity index (χ1n) is 6.32. The molecule has 0 aliphatic rings. The smallest absolute Gasteiger partial charge is 0.153 e. The standard InChI is InChI=1S/C13H20ClN3OSi/c1-9(19(2,3)4)18-8-17-12-7-10(14)5-6-11(12)13(15)16-17/h5-7,9H,8H2,1-4H3,(H2,15,16). The second-order valence-electron chi connectivity index (χ2n) is 5.85. The number of aromatic nitrogens is 2. The number of halogens is 1. The summed E-state index contributed by atoms with van der Waals surface area (Å²) in [6.07, 6.45) is 0. The molecular formula is C13H20ClN3OSi. The summed E-state index contributed by atoms with van der Waals surface area (Å²) in [6.45, 7) is 9.37. The van der Waals surface area contributed by atoms with Crippen LogP contribution in [0.3, 0.4) is 0 Å². The monoisotopic (exact) mass is 297 g/mol. The summed E-state index contributed by atoms with van der Waals surface area (Å²) < 4.78 is 7.69. The van der Waals surface area contributed by atoms with Crippen molar-refractivity contribution in [2.75, 3.05) is 5.73 Å². The highest BCUT2D eigenvalue weighted by Gasteiger charge is 2.23. The van der Waals surface area contributed by atoms with Crippen molar-refractivity contribution in [3.63, 3.8) is 0 Å². The van der Waals surface area contributed by atoms with E-state index in [0.717, 1.165) is 10.9 Å². The summed E-state index contributed by atoms with van der Waals surface area (Å²) in [5, 5.41) is 5.89. The number of nitrogens with zero attached hydrogens (tertiary/aromatic N) is 2. The fourth-order valence-corrected chi connectivity index (χ4v) is 2.44. The molecule has 2 N–H and O–H groups in total. The van der Waals surface area contributed by atoms with Gasteiger partial charge in [-0.3, -0.25) is 0 Å². The van der Waals surface area contributed by atoms with E-state index in [4.69, 9.17) is 22.1 Å². The maximum absolute atomic E-state index is 6.02. The van der Waals surface area contributed by atoms with Crippen LogP contribution in [0.25, 0.3) is 10.9 Å². The zero-order chi connectivity index (χ0) is 14.2. The molecule has 1 heterocycles. The minimum absolute atomic E-state index is 0.257. The van der Waals surface area contributed by atoms with Gasteiger partial charge < -0.3 is 10.5 Å². The van der Waals surface area contributed by atoms with Crippen molar-refractivity contribution in [3.8, 4) is 0 Å². The van der Waals surface area contributed by atoms with Crippen LogP contribution in [0.4, 0.5) is 5.82 Å². The van der Waals surface area contributed by atoms with Gasteiger partial charge in [0.05, 0.1) is 13.6 Å². The molecule has 0 amide bonds. The predicted molar refractivity (Wildman–Crippen MR) is 83.0 cm³/mol. The molecule has 1 aromatic heterocycles. The van der Waals surface area contributed by atoms with E-state index in [1.165, 1.54) is 0 Å². The van der Waals surface area contributed by atoms with E-state index < -0.39 is 8.07 Å². The Bertz CT molecular complexity index is 591. The van der Waals surface area contributed by atoms with E-state index in [9.17, 15) is 0 Å². The van der Waals surface area contributed by atoms with Crippen molar-refractivity contribution >= 4 is 36.4 Å². The number of nitrogen functional groups attached to an aromatic ring is 1. The van der Waals surface area contributed by atoms with Crippen LogP contribution in [-0.2, 0) is 11.5 Å². The lowest BCUT2D eigenvalue weighted by Crippen LogP contribution is -2.38. The van der Waals surface area contributed by atoms with E-state index in [-0.39, 0.29) is 5.73 Å². The number of hydrogen-bond donors (Lipinski definition) is 1. The zero-order valence-electron chi connectivity index (χ0n) is 11.8. The van der Waals surface area contributed by atoms with Gasteiger partial charge in [0, 0.05) is 16.1 Å². The first kappa shape index (κ1) is 14.4. The molecule has 0 bridgehead atoms. The Morgan fingerprint density at radius 2 is 2.11 bits per heavy atom. The molecule has 0 fully saturated rings. The SMILES string of the molecule is CC(OCn1nc(N)c2ccc(Cl)cc21)[Si](C)(C)C. The average molecular weight is 298 g/mol. The normalized spacial score (nSPS) is 13.9. The number of fused-ring (bicyclic) bond motifs is 1. The van der Waals surface area contributed by atoms with Crippen molar-refractivity contribution in [3.05, 3.63) is 23.2 Å². The van der Waals surface area contributed by atoms with Crippen LogP contribution in [-0.4, -0.2) is 23.6 Å². The van der Waals surface area contributed by atoms with E-state index in [1.54, 1.807) is 4.68 Å². The number of anilines is 1. The van der Waals surface area contributed by atoms with E-state index >= 15 is 0 Å².